The van der Waals surface area contributed by atoms with E-state index in [-0.39, 0.29) is 28.5 Å². The monoisotopic (exact) mass is 314 g/mol. The molecule has 0 saturated heterocycles. The summed E-state index contributed by atoms with van der Waals surface area (Å²) in [7, 11) is 0. The standard InChI is InChI=1S/C14H9Cl2FO3/c15-10-2-3-12(17)9(5-10)7-20-13-4-1-8(14(18)19)6-11(13)16/h1-6H,7H2,(H,18,19). The van der Waals surface area contributed by atoms with Crippen molar-refractivity contribution in [2.45, 2.75) is 6.61 Å². The first-order valence-electron chi connectivity index (χ1n) is 5.57. The Morgan fingerprint density at radius 2 is 1.95 bits per heavy atom. The van der Waals surface area contributed by atoms with Crippen LogP contribution >= 0.6 is 23.2 Å². The van der Waals surface area contributed by atoms with Gasteiger partial charge in [-0.1, -0.05) is 23.2 Å². The van der Waals surface area contributed by atoms with Crippen molar-refractivity contribution in [3.8, 4) is 5.75 Å². The number of carboxylic acid groups (broad SMARTS) is 1. The Bertz CT molecular complexity index is 659. The zero-order valence-electron chi connectivity index (χ0n) is 10.1. The number of hydrogen-bond acceptors (Lipinski definition) is 2. The largest absolute Gasteiger partial charge is 0.487 e. The van der Waals surface area contributed by atoms with E-state index < -0.39 is 11.8 Å². The second-order valence-corrected chi connectivity index (χ2v) is 4.82. The molecule has 0 fully saturated rings. The van der Waals surface area contributed by atoms with Crippen LogP contribution < -0.4 is 4.74 Å². The average Bonchev–Trinajstić information content (AvgIpc) is 2.40. The van der Waals surface area contributed by atoms with E-state index in [1.165, 1.54) is 36.4 Å². The van der Waals surface area contributed by atoms with Crippen molar-refractivity contribution >= 4 is 29.2 Å². The minimum atomic E-state index is -1.08. The molecule has 6 heteroatoms. The normalized spacial score (nSPS) is 10.3. The predicted octanol–water partition coefficient (Wildman–Crippen LogP) is 4.41. The number of carbonyl (C=O) groups is 1. The number of ether oxygens (including phenoxy) is 1. The molecule has 2 aromatic carbocycles. The highest BCUT2D eigenvalue weighted by Crippen LogP contribution is 2.27. The fourth-order valence-corrected chi connectivity index (χ4v) is 1.99. The van der Waals surface area contributed by atoms with Gasteiger partial charge in [-0.05, 0) is 36.4 Å². The molecule has 1 N–H and O–H groups in total. The van der Waals surface area contributed by atoms with Crippen molar-refractivity contribution in [3.63, 3.8) is 0 Å². The summed E-state index contributed by atoms with van der Waals surface area (Å²) in [4.78, 5) is 10.8. The highest BCUT2D eigenvalue weighted by molar-refractivity contribution is 6.32. The van der Waals surface area contributed by atoms with Crippen LogP contribution in [0.4, 0.5) is 4.39 Å². The molecule has 0 aromatic heterocycles. The second-order valence-electron chi connectivity index (χ2n) is 3.97. The molecule has 0 aliphatic rings. The Balaban J connectivity index is 2.15. The summed E-state index contributed by atoms with van der Waals surface area (Å²) in [6, 6.07) is 8.20. The zero-order chi connectivity index (χ0) is 14.7. The molecule has 0 unspecified atom stereocenters. The molecule has 0 bridgehead atoms. The summed E-state index contributed by atoms with van der Waals surface area (Å²) in [6.45, 7) is -0.0570. The molecule has 104 valence electrons. The topological polar surface area (TPSA) is 46.5 Å². The van der Waals surface area contributed by atoms with E-state index in [4.69, 9.17) is 33.0 Å². The second kappa shape index (κ2) is 6.11. The number of aromatic carboxylic acids is 1. The third-order valence-corrected chi connectivity index (χ3v) is 3.10. The summed E-state index contributed by atoms with van der Waals surface area (Å²) in [5.41, 5.74) is 0.340. The average molecular weight is 315 g/mol. The Morgan fingerprint density at radius 1 is 1.20 bits per heavy atom. The third kappa shape index (κ3) is 3.40. The molecule has 0 amide bonds. The molecule has 20 heavy (non-hydrogen) atoms. The van der Waals surface area contributed by atoms with Crippen LogP contribution in [0.25, 0.3) is 0 Å². The van der Waals surface area contributed by atoms with Crippen molar-refractivity contribution in [2.24, 2.45) is 0 Å². The lowest BCUT2D eigenvalue weighted by atomic mass is 10.2. The van der Waals surface area contributed by atoms with Gasteiger partial charge in [0.2, 0.25) is 0 Å². The lowest BCUT2D eigenvalue weighted by Gasteiger charge is -2.09. The van der Waals surface area contributed by atoms with Gasteiger partial charge in [0.15, 0.2) is 0 Å². The van der Waals surface area contributed by atoms with Gasteiger partial charge in [0.05, 0.1) is 10.6 Å². The van der Waals surface area contributed by atoms with E-state index in [1.807, 2.05) is 0 Å². The summed E-state index contributed by atoms with van der Waals surface area (Å²) in [6.07, 6.45) is 0. The number of benzene rings is 2. The minimum absolute atomic E-state index is 0.0521. The predicted molar refractivity (Wildman–Crippen MR) is 74.2 cm³/mol. The molecule has 0 aliphatic carbocycles. The Labute approximate surface area is 124 Å². The van der Waals surface area contributed by atoms with E-state index in [1.54, 1.807) is 0 Å². The molecule has 3 nitrogen and oxygen atoms in total. The first-order chi connectivity index (χ1) is 9.47. The van der Waals surface area contributed by atoms with Gasteiger partial charge in [0.1, 0.15) is 18.2 Å². The number of halogens is 3. The molecular weight excluding hydrogens is 306 g/mol. The van der Waals surface area contributed by atoms with Crippen molar-refractivity contribution in [3.05, 3.63) is 63.4 Å². The molecule has 0 atom stereocenters. The van der Waals surface area contributed by atoms with Crippen LogP contribution in [0.3, 0.4) is 0 Å². The SMILES string of the molecule is O=C(O)c1ccc(OCc2cc(Cl)ccc2F)c(Cl)c1. The molecule has 0 heterocycles. The van der Waals surface area contributed by atoms with E-state index in [2.05, 4.69) is 0 Å². The van der Waals surface area contributed by atoms with Crippen LogP contribution in [0.1, 0.15) is 15.9 Å². The maximum atomic E-state index is 13.5. The Hall–Kier alpha value is -1.78. The fraction of sp³-hybridized carbons (Fsp3) is 0.0714. The highest BCUT2D eigenvalue weighted by atomic mass is 35.5. The lowest BCUT2D eigenvalue weighted by Crippen LogP contribution is -2.00. The van der Waals surface area contributed by atoms with E-state index in [9.17, 15) is 9.18 Å². The van der Waals surface area contributed by atoms with Gasteiger partial charge in [-0.3, -0.25) is 0 Å². The van der Waals surface area contributed by atoms with Gasteiger partial charge in [-0.2, -0.15) is 0 Å². The van der Waals surface area contributed by atoms with E-state index in [0.717, 1.165) is 0 Å². The van der Waals surface area contributed by atoms with Gasteiger partial charge in [-0.15, -0.1) is 0 Å². The van der Waals surface area contributed by atoms with Crippen molar-refractivity contribution < 1.29 is 19.0 Å². The quantitative estimate of drug-likeness (QED) is 0.909. The number of carboxylic acids is 1. The summed E-state index contributed by atoms with van der Waals surface area (Å²) in [5.74, 6) is -1.25. The van der Waals surface area contributed by atoms with Gasteiger partial charge < -0.3 is 9.84 Å². The molecule has 0 aliphatic heterocycles. The van der Waals surface area contributed by atoms with Crippen LogP contribution in [0.2, 0.25) is 10.0 Å². The van der Waals surface area contributed by atoms with Crippen LogP contribution in [-0.2, 0) is 6.61 Å². The molecular formula is C14H9Cl2FO3. The van der Waals surface area contributed by atoms with Crippen molar-refractivity contribution in [1.29, 1.82) is 0 Å². The Kier molecular flexibility index (Phi) is 4.47. The third-order valence-electron chi connectivity index (χ3n) is 2.57. The van der Waals surface area contributed by atoms with Gasteiger partial charge in [-0.25, -0.2) is 9.18 Å². The van der Waals surface area contributed by atoms with Gasteiger partial charge in [0, 0.05) is 10.6 Å². The molecule has 0 saturated carbocycles. The molecule has 0 radical (unpaired) electrons. The van der Waals surface area contributed by atoms with E-state index in [0.29, 0.717) is 5.02 Å². The van der Waals surface area contributed by atoms with Crippen molar-refractivity contribution in [2.75, 3.05) is 0 Å². The smallest absolute Gasteiger partial charge is 0.335 e. The van der Waals surface area contributed by atoms with Crippen LogP contribution in [0, 0.1) is 5.82 Å². The molecule has 0 spiro atoms. The molecule has 2 rings (SSSR count). The van der Waals surface area contributed by atoms with Gasteiger partial charge >= 0.3 is 5.97 Å². The highest BCUT2D eigenvalue weighted by Gasteiger charge is 2.09. The van der Waals surface area contributed by atoms with E-state index >= 15 is 0 Å². The molecule has 2 aromatic rings. The maximum absolute atomic E-state index is 13.5. The number of hydrogen-bond donors (Lipinski definition) is 1. The Morgan fingerprint density at radius 3 is 2.60 bits per heavy atom. The van der Waals surface area contributed by atoms with Crippen LogP contribution in [0.15, 0.2) is 36.4 Å². The summed E-state index contributed by atoms with van der Waals surface area (Å²) in [5, 5.41) is 9.36. The fourth-order valence-electron chi connectivity index (χ4n) is 1.56. The summed E-state index contributed by atoms with van der Waals surface area (Å²) >= 11 is 11.7. The van der Waals surface area contributed by atoms with Crippen LogP contribution in [0.5, 0.6) is 5.75 Å². The summed E-state index contributed by atoms with van der Waals surface area (Å²) < 4.78 is 18.9. The first kappa shape index (κ1) is 14.6. The van der Waals surface area contributed by atoms with Crippen molar-refractivity contribution in [1.82, 2.24) is 0 Å². The first-order valence-corrected chi connectivity index (χ1v) is 6.32. The minimum Gasteiger partial charge on any atom is -0.487 e. The maximum Gasteiger partial charge on any atom is 0.335 e. The van der Waals surface area contributed by atoms with Gasteiger partial charge in [0.25, 0.3) is 0 Å². The lowest BCUT2D eigenvalue weighted by molar-refractivity contribution is 0.0697. The van der Waals surface area contributed by atoms with Crippen LogP contribution in [-0.4, -0.2) is 11.1 Å². The number of rotatable bonds is 4. The zero-order valence-corrected chi connectivity index (χ0v) is 11.6.